The number of benzene rings is 1. The van der Waals surface area contributed by atoms with Crippen molar-refractivity contribution in [3.63, 3.8) is 0 Å². The van der Waals surface area contributed by atoms with E-state index in [1.54, 1.807) is 24.7 Å². The fraction of sp³-hybridized carbons (Fsp3) is 0.231. The molecule has 0 saturated heterocycles. The molecule has 1 aromatic carbocycles. The highest BCUT2D eigenvalue weighted by molar-refractivity contribution is 6.31. The maximum Gasteiger partial charge on any atom is 0.124 e. The van der Waals surface area contributed by atoms with Crippen LogP contribution in [0.3, 0.4) is 0 Å². The van der Waals surface area contributed by atoms with Crippen molar-refractivity contribution in [3.05, 3.63) is 58.9 Å². The standard InChI is InChI=1S/C13H13ClFN3/c1-2-17-13(12-8-16-5-6-18-12)10-4-3-9(15)7-11(10)14/h3-8,13,17H,2H2,1H3. The number of hydrogen-bond donors (Lipinski definition) is 1. The monoisotopic (exact) mass is 265 g/mol. The van der Waals surface area contributed by atoms with E-state index in [9.17, 15) is 4.39 Å². The van der Waals surface area contributed by atoms with Crippen LogP contribution in [0, 0.1) is 5.82 Å². The van der Waals surface area contributed by atoms with Crippen molar-refractivity contribution < 1.29 is 4.39 Å². The SMILES string of the molecule is CCNC(c1cnccn1)c1ccc(F)cc1Cl. The zero-order valence-corrected chi connectivity index (χ0v) is 10.7. The molecule has 0 fully saturated rings. The summed E-state index contributed by atoms with van der Waals surface area (Å²) in [5.74, 6) is -0.349. The van der Waals surface area contributed by atoms with Gasteiger partial charge in [-0.05, 0) is 24.2 Å². The minimum absolute atomic E-state index is 0.184. The Hall–Kier alpha value is -1.52. The molecule has 0 amide bonds. The molecule has 2 aromatic rings. The van der Waals surface area contributed by atoms with E-state index in [0.717, 1.165) is 17.8 Å². The third-order valence-electron chi connectivity index (χ3n) is 2.56. The van der Waals surface area contributed by atoms with Crippen molar-refractivity contribution in [2.45, 2.75) is 13.0 Å². The zero-order valence-electron chi connectivity index (χ0n) is 9.90. The van der Waals surface area contributed by atoms with Crippen LogP contribution in [-0.4, -0.2) is 16.5 Å². The highest BCUT2D eigenvalue weighted by Crippen LogP contribution is 2.27. The van der Waals surface area contributed by atoms with E-state index in [1.807, 2.05) is 6.92 Å². The van der Waals surface area contributed by atoms with E-state index in [1.165, 1.54) is 12.1 Å². The molecule has 1 aromatic heterocycles. The molecule has 1 N–H and O–H groups in total. The predicted octanol–water partition coefficient (Wildman–Crippen LogP) is 2.97. The summed E-state index contributed by atoms with van der Waals surface area (Å²) in [6.07, 6.45) is 4.91. The lowest BCUT2D eigenvalue weighted by molar-refractivity contribution is 0.603. The largest absolute Gasteiger partial charge is 0.305 e. The summed E-state index contributed by atoms with van der Waals surface area (Å²) in [7, 11) is 0. The number of nitrogens with one attached hydrogen (secondary N) is 1. The van der Waals surface area contributed by atoms with Gasteiger partial charge in [-0.1, -0.05) is 24.6 Å². The van der Waals surface area contributed by atoms with Crippen LogP contribution in [0.4, 0.5) is 4.39 Å². The molecule has 5 heteroatoms. The third kappa shape index (κ3) is 2.83. The lowest BCUT2D eigenvalue weighted by Crippen LogP contribution is -2.23. The van der Waals surface area contributed by atoms with E-state index in [-0.39, 0.29) is 11.9 Å². The predicted molar refractivity (Wildman–Crippen MR) is 69.0 cm³/mol. The molecule has 0 radical (unpaired) electrons. The smallest absolute Gasteiger partial charge is 0.124 e. The van der Waals surface area contributed by atoms with Crippen molar-refractivity contribution in [3.8, 4) is 0 Å². The summed E-state index contributed by atoms with van der Waals surface area (Å²) in [5.41, 5.74) is 1.55. The first-order chi connectivity index (χ1) is 8.72. The van der Waals surface area contributed by atoms with E-state index in [4.69, 9.17) is 11.6 Å². The second-order valence-corrected chi connectivity index (χ2v) is 4.19. The average Bonchev–Trinajstić information content (AvgIpc) is 2.38. The molecule has 1 heterocycles. The zero-order chi connectivity index (χ0) is 13.0. The molecule has 0 spiro atoms. The summed E-state index contributed by atoms with van der Waals surface area (Å²) in [4.78, 5) is 8.30. The Morgan fingerprint density at radius 2 is 2.22 bits per heavy atom. The van der Waals surface area contributed by atoms with Gasteiger partial charge in [0.05, 0.1) is 17.9 Å². The van der Waals surface area contributed by atoms with Crippen molar-refractivity contribution in [1.29, 1.82) is 0 Å². The van der Waals surface area contributed by atoms with Gasteiger partial charge in [-0.25, -0.2) is 4.39 Å². The molecular weight excluding hydrogens is 253 g/mol. The maximum atomic E-state index is 13.1. The Balaban J connectivity index is 2.41. The van der Waals surface area contributed by atoms with Gasteiger partial charge in [0, 0.05) is 17.4 Å². The number of aromatic nitrogens is 2. The molecule has 0 aliphatic rings. The first kappa shape index (κ1) is 12.9. The van der Waals surface area contributed by atoms with Crippen LogP contribution in [0.5, 0.6) is 0 Å². The van der Waals surface area contributed by atoms with Gasteiger partial charge in [0.15, 0.2) is 0 Å². The number of nitrogens with zero attached hydrogens (tertiary/aromatic N) is 2. The quantitative estimate of drug-likeness (QED) is 0.924. The summed E-state index contributed by atoms with van der Waals surface area (Å²) in [6.45, 7) is 2.73. The third-order valence-corrected chi connectivity index (χ3v) is 2.89. The molecule has 0 aliphatic heterocycles. The Morgan fingerprint density at radius 1 is 1.39 bits per heavy atom. The Kier molecular flexibility index (Phi) is 4.23. The Labute approximate surface area is 110 Å². The summed E-state index contributed by atoms with van der Waals surface area (Å²) < 4.78 is 13.1. The molecular formula is C13H13ClFN3. The van der Waals surface area contributed by atoms with Crippen LogP contribution in [0.25, 0.3) is 0 Å². The van der Waals surface area contributed by atoms with Crippen molar-refractivity contribution in [1.82, 2.24) is 15.3 Å². The van der Waals surface area contributed by atoms with Gasteiger partial charge < -0.3 is 5.32 Å². The first-order valence-corrected chi connectivity index (χ1v) is 6.04. The second kappa shape index (κ2) is 5.89. The molecule has 0 bridgehead atoms. The maximum absolute atomic E-state index is 13.1. The molecule has 1 unspecified atom stereocenters. The van der Waals surface area contributed by atoms with Crippen LogP contribution in [0.2, 0.25) is 5.02 Å². The summed E-state index contributed by atoms with van der Waals surface area (Å²) in [5, 5.41) is 3.65. The van der Waals surface area contributed by atoms with Crippen molar-refractivity contribution >= 4 is 11.6 Å². The fourth-order valence-electron chi connectivity index (χ4n) is 1.77. The number of hydrogen-bond acceptors (Lipinski definition) is 3. The van der Waals surface area contributed by atoms with Crippen LogP contribution in [-0.2, 0) is 0 Å². The first-order valence-electron chi connectivity index (χ1n) is 5.66. The van der Waals surface area contributed by atoms with Crippen molar-refractivity contribution in [2.75, 3.05) is 6.54 Å². The highest BCUT2D eigenvalue weighted by atomic mass is 35.5. The molecule has 18 heavy (non-hydrogen) atoms. The molecule has 0 aliphatic carbocycles. The van der Waals surface area contributed by atoms with Gasteiger partial charge in [-0.15, -0.1) is 0 Å². The number of halogens is 2. The molecule has 3 nitrogen and oxygen atoms in total. The summed E-state index contributed by atoms with van der Waals surface area (Å²) >= 11 is 6.08. The lowest BCUT2D eigenvalue weighted by atomic mass is 10.0. The summed E-state index contributed by atoms with van der Waals surface area (Å²) in [6, 6.07) is 4.18. The average molecular weight is 266 g/mol. The molecule has 94 valence electrons. The minimum Gasteiger partial charge on any atom is -0.305 e. The molecule has 2 rings (SSSR count). The van der Waals surface area contributed by atoms with Crippen LogP contribution < -0.4 is 5.32 Å². The van der Waals surface area contributed by atoms with Gasteiger partial charge in [0.2, 0.25) is 0 Å². The molecule has 0 saturated carbocycles. The molecule has 1 atom stereocenters. The highest BCUT2D eigenvalue weighted by Gasteiger charge is 2.17. The van der Waals surface area contributed by atoms with Crippen LogP contribution in [0.1, 0.15) is 24.2 Å². The van der Waals surface area contributed by atoms with E-state index in [2.05, 4.69) is 15.3 Å². The second-order valence-electron chi connectivity index (χ2n) is 3.79. The van der Waals surface area contributed by atoms with Gasteiger partial charge in [0.1, 0.15) is 5.82 Å². The fourth-order valence-corrected chi connectivity index (χ4v) is 2.05. The van der Waals surface area contributed by atoms with E-state index < -0.39 is 0 Å². The van der Waals surface area contributed by atoms with E-state index >= 15 is 0 Å². The Morgan fingerprint density at radius 3 is 2.83 bits per heavy atom. The lowest BCUT2D eigenvalue weighted by Gasteiger charge is -2.18. The van der Waals surface area contributed by atoms with Gasteiger partial charge >= 0.3 is 0 Å². The van der Waals surface area contributed by atoms with Crippen LogP contribution >= 0.6 is 11.6 Å². The van der Waals surface area contributed by atoms with Gasteiger partial charge in [-0.2, -0.15) is 0 Å². The topological polar surface area (TPSA) is 37.8 Å². The van der Waals surface area contributed by atoms with Crippen molar-refractivity contribution in [2.24, 2.45) is 0 Å². The van der Waals surface area contributed by atoms with Crippen LogP contribution in [0.15, 0.2) is 36.8 Å². The normalized spacial score (nSPS) is 12.4. The van der Waals surface area contributed by atoms with E-state index in [0.29, 0.717) is 5.02 Å². The minimum atomic E-state index is -0.349. The number of rotatable bonds is 4. The van der Waals surface area contributed by atoms with Gasteiger partial charge in [0.25, 0.3) is 0 Å². The Bertz CT molecular complexity index is 519. The van der Waals surface area contributed by atoms with Gasteiger partial charge in [-0.3, -0.25) is 9.97 Å².